The quantitative estimate of drug-likeness (QED) is 0.873. The van der Waals surface area contributed by atoms with E-state index in [1.165, 1.54) is 0 Å². The first-order valence-corrected chi connectivity index (χ1v) is 8.76. The van der Waals surface area contributed by atoms with Crippen molar-refractivity contribution >= 4 is 23.2 Å². The van der Waals surface area contributed by atoms with Crippen molar-refractivity contribution < 1.29 is 22.8 Å². The van der Waals surface area contributed by atoms with Crippen molar-refractivity contribution in [3.63, 3.8) is 0 Å². The second-order valence-corrected chi connectivity index (χ2v) is 6.89. The lowest BCUT2D eigenvalue weighted by Gasteiger charge is -2.17. The molecule has 0 atom stereocenters. The van der Waals surface area contributed by atoms with Crippen molar-refractivity contribution in [3.8, 4) is 0 Å². The number of halogens is 3. The summed E-state index contributed by atoms with van der Waals surface area (Å²) in [5.74, 6) is -0.169. The third-order valence-electron chi connectivity index (χ3n) is 4.90. The SMILES string of the molecule is O=C(Nc1ccc2c(c1)CCN2C(=O)C1CC1)c1ccc(C(F)(F)F)cc1. The van der Waals surface area contributed by atoms with Crippen LogP contribution in [-0.2, 0) is 17.4 Å². The Morgan fingerprint density at radius 2 is 1.74 bits per heavy atom. The number of rotatable bonds is 3. The van der Waals surface area contributed by atoms with Crippen molar-refractivity contribution in [2.45, 2.75) is 25.4 Å². The largest absolute Gasteiger partial charge is 0.416 e. The Labute approximate surface area is 154 Å². The standard InChI is InChI=1S/C20H17F3N2O2/c21-20(22,23)15-5-3-12(4-6-15)18(26)24-16-7-8-17-14(11-16)9-10-25(17)19(27)13-1-2-13/h3-8,11,13H,1-2,9-10H2,(H,24,26). The van der Waals surface area contributed by atoms with E-state index < -0.39 is 17.6 Å². The van der Waals surface area contributed by atoms with Crippen molar-refractivity contribution in [2.24, 2.45) is 5.92 Å². The van der Waals surface area contributed by atoms with Crippen molar-refractivity contribution in [1.29, 1.82) is 0 Å². The smallest absolute Gasteiger partial charge is 0.322 e. The molecule has 4 nitrogen and oxygen atoms in total. The van der Waals surface area contributed by atoms with E-state index in [-0.39, 0.29) is 17.4 Å². The lowest BCUT2D eigenvalue weighted by molar-refractivity contribution is -0.137. The van der Waals surface area contributed by atoms with Gasteiger partial charge in [-0.05, 0) is 67.3 Å². The first kappa shape index (κ1) is 17.6. The molecule has 0 bridgehead atoms. The summed E-state index contributed by atoms with van der Waals surface area (Å²) in [5, 5.41) is 2.70. The molecule has 2 amide bonds. The molecule has 0 spiro atoms. The molecule has 2 aromatic rings. The van der Waals surface area contributed by atoms with Crippen LogP contribution in [0.25, 0.3) is 0 Å². The molecule has 7 heteroatoms. The van der Waals surface area contributed by atoms with Gasteiger partial charge in [0.15, 0.2) is 0 Å². The van der Waals surface area contributed by atoms with Crippen LogP contribution in [0.1, 0.15) is 34.3 Å². The van der Waals surface area contributed by atoms with E-state index in [9.17, 15) is 22.8 Å². The Bertz CT molecular complexity index is 902. The minimum atomic E-state index is -4.43. The fourth-order valence-corrected chi connectivity index (χ4v) is 3.27. The van der Waals surface area contributed by atoms with Crippen LogP contribution in [0.5, 0.6) is 0 Å². The Morgan fingerprint density at radius 3 is 2.37 bits per heavy atom. The van der Waals surface area contributed by atoms with Crippen LogP contribution in [0.15, 0.2) is 42.5 Å². The van der Waals surface area contributed by atoms with Crippen LogP contribution in [0.3, 0.4) is 0 Å². The summed E-state index contributed by atoms with van der Waals surface area (Å²) < 4.78 is 37.8. The molecular weight excluding hydrogens is 357 g/mol. The van der Waals surface area contributed by atoms with Crippen molar-refractivity contribution in [1.82, 2.24) is 0 Å². The summed E-state index contributed by atoms with van der Waals surface area (Å²) in [6.07, 6.45) is -1.81. The lowest BCUT2D eigenvalue weighted by atomic mass is 10.1. The molecule has 2 aliphatic rings. The van der Waals surface area contributed by atoms with E-state index in [1.54, 1.807) is 11.0 Å². The highest BCUT2D eigenvalue weighted by Gasteiger charge is 2.36. The summed E-state index contributed by atoms with van der Waals surface area (Å²) >= 11 is 0. The number of fused-ring (bicyclic) bond motifs is 1. The van der Waals surface area contributed by atoms with Crippen molar-refractivity contribution in [2.75, 3.05) is 16.8 Å². The maximum Gasteiger partial charge on any atom is 0.416 e. The summed E-state index contributed by atoms with van der Waals surface area (Å²) in [6, 6.07) is 9.42. The fourth-order valence-electron chi connectivity index (χ4n) is 3.27. The molecule has 0 saturated heterocycles. The number of alkyl halides is 3. The van der Waals surface area contributed by atoms with Crippen LogP contribution in [0.4, 0.5) is 24.5 Å². The third-order valence-corrected chi connectivity index (χ3v) is 4.90. The van der Waals surface area contributed by atoms with Crippen LogP contribution in [-0.4, -0.2) is 18.4 Å². The first-order chi connectivity index (χ1) is 12.8. The number of carbonyl (C=O) groups excluding carboxylic acids is 2. The molecule has 0 unspecified atom stereocenters. The Balaban J connectivity index is 1.47. The van der Waals surface area contributed by atoms with Crippen LogP contribution in [0, 0.1) is 5.92 Å². The van der Waals surface area contributed by atoms with E-state index in [0.29, 0.717) is 12.2 Å². The molecule has 1 fully saturated rings. The highest BCUT2D eigenvalue weighted by Crippen LogP contribution is 2.37. The predicted octanol–water partition coefficient (Wildman–Crippen LogP) is 4.26. The van der Waals surface area contributed by atoms with Gasteiger partial charge in [-0.1, -0.05) is 0 Å². The molecule has 2 aromatic carbocycles. The number of nitrogens with one attached hydrogen (secondary N) is 1. The number of anilines is 2. The number of nitrogens with zero attached hydrogens (tertiary/aromatic N) is 1. The van der Waals surface area contributed by atoms with Crippen LogP contribution in [0.2, 0.25) is 0 Å². The number of benzene rings is 2. The Kier molecular flexibility index (Phi) is 4.17. The van der Waals surface area contributed by atoms with Gasteiger partial charge >= 0.3 is 6.18 Å². The summed E-state index contributed by atoms with van der Waals surface area (Å²) in [6.45, 7) is 0.640. The molecule has 1 aliphatic heterocycles. The van der Waals surface area contributed by atoms with Gasteiger partial charge in [-0.3, -0.25) is 9.59 Å². The average Bonchev–Trinajstić information content (AvgIpc) is 3.40. The molecule has 4 rings (SSSR count). The fraction of sp³-hybridized carbons (Fsp3) is 0.300. The maximum absolute atomic E-state index is 12.6. The zero-order valence-corrected chi connectivity index (χ0v) is 14.3. The Hall–Kier alpha value is -2.83. The van der Waals surface area contributed by atoms with Gasteiger partial charge in [0.25, 0.3) is 5.91 Å². The molecule has 1 N–H and O–H groups in total. The van der Waals surface area contributed by atoms with Gasteiger partial charge in [0.05, 0.1) is 5.56 Å². The molecule has 1 aliphatic carbocycles. The van der Waals surface area contributed by atoms with Crippen molar-refractivity contribution in [3.05, 3.63) is 59.2 Å². The molecule has 1 saturated carbocycles. The maximum atomic E-state index is 12.6. The van der Waals surface area contributed by atoms with Gasteiger partial charge in [0.1, 0.15) is 0 Å². The minimum Gasteiger partial charge on any atom is -0.322 e. The van der Waals surface area contributed by atoms with Gasteiger partial charge < -0.3 is 10.2 Å². The second kappa shape index (κ2) is 6.40. The summed E-state index contributed by atoms with van der Waals surface area (Å²) in [4.78, 5) is 26.4. The number of carbonyl (C=O) groups is 2. The zero-order chi connectivity index (χ0) is 19.2. The van der Waals surface area contributed by atoms with E-state index in [4.69, 9.17) is 0 Å². The molecule has 27 heavy (non-hydrogen) atoms. The third kappa shape index (κ3) is 3.54. The zero-order valence-electron chi connectivity index (χ0n) is 14.3. The number of hydrogen-bond donors (Lipinski definition) is 1. The van der Waals surface area contributed by atoms with Gasteiger partial charge in [0.2, 0.25) is 5.91 Å². The van der Waals surface area contributed by atoms with Crippen LogP contribution < -0.4 is 10.2 Å². The van der Waals surface area contributed by atoms with E-state index in [0.717, 1.165) is 54.8 Å². The van der Waals surface area contributed by atoms with E-state index in [2.05, 4.69) is 5.32 Å². The average molecular weight is 374 g/mol. The highest BCUT2D eigenvalue weighted by atomic mass is 19.4. The second-order valence-electron chi connectivity index (χ2n) is 6.89. The van der Waals surface area contributed by atoms with Gasteiger partial charge in [-0.2, -0.15) is 13.2 Å². The van der Waals surface area contributed by atoms with Gasteiger partial charge in [0, 0.05) is 29.4 Å². The van der Waals surface area contributed by atoms with Gasteiger partial charge in [-0.25, -0.2) is 0 Å². The lowest BCUT2D eigenvalue weighted by Crippen LogP contribution is -2.30. The van der Waals surface area contributed by atoms with Gasteiger partial charge in [-0.15, -0.1) is 0 Å². The Morgan fingerprint density at radius 1 is 1.04 bits per heavy atom. The first-order valence-electron chi connectivity index (χ1n) is 8.76. The topological polar surface area (TPSA) is 49.4 Å². The minimum absolute atomic E-state index is 0.147. The molecule has 0 aromatic heterocycles. The van der Waals surface area contributed by atoms with E-state index >= 15 is 0 Å². The highest BCUT2D eigenvalue weighted by molar-refractivity contribution is 6.05. The number of hydrogen-bond acceptors (Lipinski definition) is 2. The van der Waals surface area contributed by atoms with Crippen LogP contribution >= 0.6 is 0 Å². The molecule has 1 heterocycles. The van der Waals surface area contributed by atoms with E-state index in [1.807, 2.05) is 12.1 Å². The number of amides is 2. The predicted molar refractivity (Wildman–Crippen MR) is 94.6 cm³/mol. The molecular formula is C20H17F3N2O2. The summed E-state index contributed by atoms with van der Waals surface area (Å²) in [5.41, 5.74) is 1.76. The molecule has 0 radical (unpaired) electrons. The molecule has 140 valence electrons. The summed E-state index contributed by atoms with van der Waals surface area (Å²) in [7, 11) is 0. The monoisotopic (exact) mass is 374 g/mol. The normalized spacial score (nSPS) is 16.2.